The highest BCUT2D eigenvalue weighted by Gasteiger charge is 2.63. The quantitative estimate of drug-likeness (QED) is 0.367. The second kappa shape index (κ2) is 7.40. The molecule has 0 radical (unpaired) electrons. The summed E-state index contributed by atoms with van der Waals surface area (Å²) in [7, 11) is -0.172. The fourth-order valence-corrected chi connectivity index (χ4v) is 9.10. The van der Waals surface area contributed by atoms with Gasteiger partial charge in [-0.2, -0.15) is 0 Å². The fourth-order valence-electron chi connectivity index (χ4n) is 7.43. The van der Waals surface area contributed by atoms with Crippen molar-refractivity contribution in [3.05, 3.63) is 17.7 Å². The van der Waals surface area contributed by atoms with E-state index >= 15 is 0 Å². The van der Waals surface area contributed by atoms with E-state index in [0.717, 1.165) is 36.3 Å². The first-order valence-electron chi connectivity index (χ1n) is 11.2. The van der Waals surface area contributed by atoms with Crippen molar-refractivity contribution in [1.82, 2.24) is 0 Å². The van der Waals surface area contributed by atoms with Gasteiger partial charge in [-0.05, 0) is 48.3 Å². The summed E-state index contributed by atoms with van der Waals surface area (Å²) in [5.41, 5.74) is 1.92. The van der Waals surface area contributed by atoms with Crippen molar-refractivity contribution in [2.24, 2.45) is 22.7 Å². The minimum atomic E-state index is -3.45. The second-order valence-corrected chi connectivity index (χ2v) is 14.3. The Hall–Kier alpha value is -0.700. The Balaban J connectivity index is 1.96. The van der Waals surface area contributed by atoms with Crippen LogP contribution in [0.2, 0.25) is 0 Å². The van der Waals surface area contributed by atoms with Gasteiger partial charge in [-0.25, -0.2) is 8.42 Å². The van der Waals surface area contributed by atoms with Crippen LogP contribution in [0.4, 0.5) is 5.69 Å². The SMILES string of the molecule is COc1cc(OC)c2c(c1)N(S(C)(=O)=O)C[C@@H]1[C@@]3(C)CC[C@H](I)C(C)(C)[C@@H]3CC[C@@]21C. The fraction of sp³-hybridized carbons (Fsp3) is 0.750. The van der Waals surface area contributed by atoms with E-state index in [9.17, 15) is 8.42 Å². The molecule has 1 aliphatic heterocycles. The monoisotopic (exact) mass is 561 g/mol. The lowest BCUT2D eigenvalue weighted by Gasteiger charge is -2.65. The molecule has 0 spiro atoms. The van der Waals surface area contributed by atoms with Crippen LogP contribution in [0.25, 0.3) is 0 Å². The number of alkyl halides is 1. The van der Waals surface area contributed by atoms with Crippen LogP contribution in [0.15, 0.2) is 12.1 Å². The third-order valence-electron chi connectivity index (χ3n) is 9.05. The first-order chi connectivity index (χ1) is 14.3. The Morgan fingerprint density at radius 3 is 2.29 bits per heavy atom. The first-order valence-corrected chi connectivity index (χ1v) is 14.3. The smallest absolute Gasteiger partial charge is 0.232 e. The number of anilines is 1. The predicted octanol–water partition coefficient (Wildman–Crippen LogP) is 5.40. The summed E-state index contributed by atoms with van der Waals surface area (Å²) < 4.78 is 39.6. The van der Waals surface area contributed by atoms with Crippen LogP contribution < -0.4 is 13.8 Å². The lowest BCUT2D eigenvalue weighted by atomic mass is 9.42. The Morgan fingerprint density at radius 1 is 1.03 bits per heavy atom. The molecule has 0 saturated heterocycles. The molecule has 5 atom stereocenters. The van der Waals surface area contributed by atoms with E-state index in [1.54, 1.807) is 18.5 Å². The van der Waals surface area contributed by atoms with Gasteiger partial charge in [0.05, 0.1) is 26.2 Å². The van der Waals surface area contributed by atoms with Crippen molar-refractivity contribution in [2.75, 3.05) is 31.3 Å². The highest BCUT2D eigenvalue weighted by atomic mass is 127. The number of sulfonamides is 1. The summed E-state index contributed by atoms with van der Waals surface area (Å²) >= 11 is 2.64. The van der Waals surface area contributed by atoms with Gasteiger partial charge in [-0.3, -0.25) is 4.31 Å². The molecule has 1 aromatic rings. The number of methoxy groups -OCH3 is 2. The summed E-state index contributed by atoms with van der Waals surface area (Å²) in [6.07, 6.45) is 5.83. The molecule has 4 rings (SSSR count). The van der Waals surface area contributed by atoms with Gasteiger partial charge in [-0.1, -0.05) is 50.3 Å². The summed E-state index contributed by atoms with van der Waals surface area (Å²) in [6.45, 7) is 10.1. The van der Waals surface area contributed by atoms with Crippen LogP contribution in [0, 0.1) is 22.7 Å². The van der Waals surface area contributed by atoms with Crippen LogP contribution in [0.3, 0.4) is 0 Å². The lowest BCUT2D eigenvalue weighted by molar-refractivity contribution is -0.0972. The highest BCUT2D eigenvalue weighted by Crippen LogP contribution is 2.68. The largest absolute Gasteiger partial charge is 0.497 e. The van der Waals surface area contributed by atoms with Crippen molar-refractivity contribution in [2.45, 2.75) is 62.7 Å². The number of rotatable bonds is 3. The molecular formula is C24H36INO4S. The van der Waals surface area contributed by atoms with Crippen molar-refractivity contribution in [3.63, 3.8) is 0 Å². The molecule has 1 heterocycles. The lowest BCUT2D eigenvalue weighted by Crippen LogP contribution is -2.63. The molecule has 7 heteroatoms. The average molecular weight is 562 g/mol. The Morgan fingerprint density at radius 2 is 1.71 bits per heavy atom. The van der Waals surface area contributed by atoms with Gasteiger partial charge in [0.2, 0.25) is 10.0 Å². The third kappa shape index (κ3) is 3.30. The number of nitrogens with zero attached hydrogens (tertiary/aromatic N) is 1. The number of benzene rings is 1. The Kier molecular flexibility index (Phi) is 5.60. The van der Waals surface area contributed by atoms with E-state index in [4.69, 9.17) is 9.47 Å². The van der Waals surface area contributed by atoms with Crippen LogP contribution in [0.5, 0.6) is 11.5 Å². The van der Waals surface area contributed by atoms with Gasteiger partial charge in [0, 0.05) is 33.6 Å². The molecule has 31 heavy (non-hydrogen) atoms. The van der Waals surface area contributed by atoms with Crippen molar-refractivity contribution in [3.8, 4) is 11.5 Å². The minimum Gasteiger partial charge on any atom is -0.497 e. The van der Waals surface area contributed by atoms with E-state index in [0.29, 0.717) is 22.1 Å². The maximum Gasteiger partial charge on any atom is 0.232 e. The minimum absolute atomic E-state index is 0.0732. The summed E-state index contributed by atoms with van der Waals surface area (Å²) in [5, 5.41) is 0. The maximum atomic E-state index is 13.0. The van der Waals surface area contributed by atoms with Gasteiger partial charge in [0.15, 0.2) is 0 Å². The van der Waals surface area contributed by atoms with E-state index in [2.05, 4.69) is 50.3 Å². The van der Waals surface area contributed by atoms with Crippen molar-refractivity contribution >= 4 is 38.3 Å². The molecule has 2 fully saturated rings. The van der Waals surface area contributed by atoms with Gasteiger partial charge < -0.3 is 9.47 Å². The molecule has 0 amide bonds. The van der Waals surface area contributed by atoms with Crippen LogP contribution in [-0.4, -0.2) is 39.4 Å². The Bertz CT molecular complexity index is 994. The molecule has 0 bridgehead atoms. The molecular weight excluding hydrogens is 525 g/mol. The van der Waals surface area contributed by atoms with E-state index in [1.807, 2.05) is 12.1 Å². The number of fused-ring (bicyclic) bond motifs is 5. The van der Waals surface area contributed by atoms with Crippen LogP contribution >= 0.6 is 22.6 Å². The molecule has 1 aromatic carbocycles. The molecule has 5 nitrogen and oxygen atoms in total. The van der Waals surface area contributed by atoms with Crippen LogP contribution in [-0.2, 0) is 15.4 Å². The predicted molar refractivity (Wildman–Crippen MR) is 134 cm³/mol. The van der Waals surface area contributed by atoms with E-state index in [1.165, 1.54) is 12.7 Å². The van der Waals surface area contributed by atoms with E-state index in [-0.39, 0.29) is 22.2 Å². The third-order valence-corrected chi connectivity index (χ3v) is 12.4. The van der Waals surface area contributed by atoms with Crippen molar-refractivity contribution in [1.29, 1.82) is 0 Å². The molecule has 2 saturated carbocycles. The number of hydrogen-bond acceptors (Lipinski definition) is 4. The maximum absolute atomic E-state index is 13.0. The van der Waals surface area contributed by atoms with E-state index < -0.39 is 10.0 Å². The normalized spacial score (nSPS) is 36.8. The molecule has 3 aliphatic rings. The first kappa shape index (κ1) is 23.5. The number of halogens is 1. The number of hydrogen-bond donors (Lipinski definition) is 0. The molecule has 0 N–H and O–H groups in total. The van der Waals surface area contributed by atoms with Crippen LogP contribution in [0.1, 0.15) is 58.9 Å². The zero-order chi connectivity index (χ0) is 23.0. The standard InChI is InChI=1S/C24H36INO4S/c1-22(2)18-8-10-24(4)19(23(18,3)11-9-20(22)25)14-26(31(7,27)28)16-12-15(29-5)13-17(30-6)21(16)24/h12-13,18-20H,8-11,14H2,1-7H3/t18-,19+,20-,23-,24+/m0/s1. The molecule has 0 unspecified atom stereocenters. The topological polar surface area (TPSA) is 55.8 Å². The van der Waals surface area contributed by atoms with Gasteiger partial charge in [0.1, 0.15) is 11.5 Å². The van der Waals surface area contributed by atoms with Crippen molar-refractivity contribution < 1.29 is 17.9 Å². The second-order valence-electron chi connectivity index (χ2n) is 10.9. The summed E-state index contributed by atoms with van der Waals surface area (Å²) in [4.78, 5) is 0. The zero-order valence-corrected chi connectivity index (χ0v) is 22.8. The zero-order valence-electron chi connectivity index (χ0n) is 19.8. The highest BCUT2D eigenvalue weighted by molar-refractivity contribution is 14.1. The Labute approximate surface area is 201 Å². The average Bonchev–Trinajstić information content (AvgIpc) is 2.68. The van der Waals surface area contributed by atoms with Gasteiger partial charge in [-0.15, -0.1) is 0 Å². The number of ether oxygens (including phenoxy) is 2. The van der Waals surface area contributed by atoms with Gasteiger partial charge in [0.25, 0.3) is 0 Å². The van der Waals surface area contributed by atoms with Gasteiger partial charge >= 0.3 is 0 Å². The summed E-state index contributed by atoms with van der Waals surface area (Å²) in [5.74, 6) is 2.16. The molecule has 0 aromatic heterocycles. The molecule has 174 valence electrons. The summed E-state index contributed by atoms with van der Waals surface area (Å²) in [6, 6.07) is 3.79. The molecule has 2 aliphatic carbocycles.